The van der Waals surface area contributed by atoms with E-state index in [1.807, 2.05) is 55.6 Å². The van der Waals surface area contributed by atoms with Crippen molar-refractivity contribution in [3.8, 4) is 0 Å². The van der Waals surface area contributed by atoms with Gasteiger partial charge in [-0.1, -0.05) is 36.0 Å². The molecule has 0 unspecified atom stereocenters. The van der Waals surface area contributed by atoms with Crippen LogP contribution in [0.2, 0.25) is 0 Å². The number of carbonyl (C=O) groups excluding carboxylic acids is 1. The van der Waals surface area contributed by atoms with Crippen LogP contribution in [0.5, 0.6) is 0 Å². The van der Waals surface area contributed by atoms with Gasteiger partial charge in [-0.15, -0.1) is 11.3 Å². The van der Waals surface area contributed by atoms with E-state index in [0.717, 1.165) is 26.7 Å². The lowest BCUT2D eigenvalue weighted by Gasteiger charge is -2.05. The summed E-state index contributed by atoms with van der Waals surface area (Å²) in [4.78, 5) is 21.7. The number of fused-ring (bicyclic) bond motifs is 1. The number of aromatic nitrogens is 2. The molecule has 3 heterocycles. The molecule has 136 valence electrons. The van der Waals surface area contributed by atoms with Crippen molar-refractivity contribution in [2.24, 2.45) is 0 Å². The Bertz CT molecular complexity index is 1120. The first-order valence-electron chi connectivity index (χ1n) is 8.40. The van der Waals surface area contributed by atoms with Crippen molar-refractivity contribution in [2.45, 2.75) is 23.9 Å². The highest BCUT2D eigenvalue weighted by molar-refractivity contribution is 8.00. The third-order valence-electron chi connectivity index (χ3n) is 3.97. The molecule has 5 nitrogen and oxygen atoms in total. The van der Waals surface area contributed by atoms with Crippen LogP contribution in [0, 0.1) is 13.8 Å². The number of nitrogens with zero attached hydrogens (tertiary/aromatic N) is 2. The third-order valence-corrected chi connectivity index (χ3v) is 6.14. The number of hydrogen-bond donors (Lipinski definition) is 1. The SMILES string of the molecule is Cc1cccc(NC(=O)c2oc3ccccc3c2CSc2nc(C)cs2)n1. The van der Waals surface area contributed by atoms with Crippen molar-refractivity contribution >= 4 is 45.8 Å². The zero-order valence-corrected chi connectivity index (χ0v) is 16.5. The second-order valence-corrected chi connectivity index (χ2v) is 8.15. The van der Waals surface area contributed by atoms with Crippen LogP contribution < -0.4 is 5.32 Å². The highest BCUT2D eigenvalue weighted by Gasteiger charge is 2.21. The first-order valence-corrected chi connectivity index (χ1v) is 10.3. The topological polar surface area (TPSA) is 68.0 Å². The number of pyridine rings is 1. The van der Waals surface area contributed by atoms with Gasteiger partial charge in [0.15, 0.2) is 5.76 Å². The molecule has 4 rings (SSSR count). The Morgan fingerprint density at radius 1 is 1.11 bits per heavy atom. The quantitative estimate of drug-likeness (QED) is 0.455. The number of benzene rings is 1. The summed E-state index contributed by atoms with van der Waals surface area (Å²) in [6.45, 7) is 3.86. The summed E-state index contributed by atoms with van der Waals surface area (Å²) in [5.41, 5.74) is 3.41. The van der Waals surface area contributed by atoms with Gasteiger partial charge in [-0.2, -0.15) is 0 Å². The Morgan fingerprint density at radius 3 is 2.74 bits per heavy atom. The van der Waals surface area contributed by atoms with Crippen LogP contribution in [-0.4, -0.2) is 15.9 Å². The first kappa shape index (κ1) is 17.8. The van der Waals surface area contributed by atoms with Gasteiger partial charge in [0.2, 0.25) is 0 Å². The normalized spacial score (nSPS) is 11.0. The standard InChI is InChI=1S/C20H17N3O2S2/c1-12-6-5-9-17(21-12)23-19(24)18-15(11-27-20-22-13(2)10-26-20)14-7-3-4-8-16(14)25-18/h3-10H,11H2,1-2H3,(H,21,23,24). The van der Waals surface area contributed by atoms with E-state index >= 15 is 0 Å². The Labute approximate surface area is 164 Å². The maximum Gasteiger partial charge on any atom is 0.292 e. The molecule has 4 aromatic rings. The van der Waals surface area contributed by atoms with Gasteiger partial charge in [0, 0.05) is 33.5 Å². The summed E-state index contributed by atoms with van der Waals surface area (Å²) in [5.74, 6) is 1.14. The lowest BCUT2D eigenvalue weighted by molar-refractivity contribution is 0.0997. The van der Waals surface area contributed by atoms with Crippen molar-refractivity contribution < 1.29 is 9.21 Å². The molecule has 27 heavy (non-hydrogen) atoms. The van der Waals surface area contributed by atoms with Gasteiger partial charge in [0.1, 0.15) is 15.7 Å². The lowest BCUT2D eigenvalue weighted by Crippen LogP contribution is -2.14. The number of rotatable bonds is 5. The fraction of sp³-hybridized carbons (Fsp3) is 0.150. The number of furan rings is 1. The molecule has 7 heteroatoms. The number of thiazole rings is 1. The predicted molar refractivity (Wildman–Crippen MR) is 110 cm³/mol. The third kappa shape index (κ3) is 3.89. The van der Waals surface area contributed by atoms with Gasteiger partial charge in [-0.25, -0.2) is 9.97 Å². The van der Waals surface area contributed by atoms with Crippen LogP contribution in [0.4, 0.5) is 5.82 Å². The molecule has 0 saturated heterocycles. The number of nitrogens with one attached hydrogen (secondary N) is 1. The fourth-order valence-corrected chi connectivity index (χ4v) is 4.62. The monoisotopic (exact) mass is 395 g/mol. The van der Waals surface area contributed by atoms with Crippen LogP contribution >= 0.6 is 23.1 Å². The predicted octanol–water partition coefficient (Wildman–Crippen LogP) is 5.45. The van der Waals surface area contributed by atoms with Crippen LogP contribution in [0.1, 0.15) is 27.5 Å². The molecule has 1 amide bonds. The van der Waals surface area contributed by atoms with Crippen molar-refractivity contribution in [1.82, 2.24) is 9.97 Å². The van der Waals surface area contributed by atoms with Gasteiger partial charge in [0.25, 0.3) is 5.91 Å². The Kier molecular flexibility index (Phi) is 4.96. The molecule has 0 fully saturated rings. The van der Waals surface area contributed by atoms with Crippen LogP contribution in [0.3, 0.4) is 0 Å². The van der Waals surface area contributed by atoms with E-state index in [2.05, 4.69) is 15.3 Å². The Hall–Kier alpha value is -2.64. The van der Waals surface area contributed by atoms with E-state index in [9.17, 15) is 4.79 Å². The summed E-state index contributed by atoms with van der Waals surface area (Å²) in [5, 5.41) is 5.80. The van der Waals surface area contributed by atoms with Crippen molar-refractivity contribution in [1.29, 1.82) is 0 Å². The highest BCUT2D eigenvalue weighted by Crippen LogP contribution is 2.33. The van der Waals surface area contributed by atoms with E-state index in [1.54, 1.807) is 29.2 Å². The number of anilines is 1. The van der Waals surface area contributed by atoms with Crippen molar-refractivity contribution in [3.05, 3.63) is 70.6 Å². The van der Waals surface area contributed by atoms with E-state index in [0.29, 0.717) is 22.9 Å². The minimum absolute atomic E-state index is 0.296. The number of amides is 1. The zero-order chi connectivity index (χ0) is 18.8. The summed E-state index contributed by atoms with van der Waals surface area (Å²) in [6.07, 6.45) is 0. The molecular weight excluding hydrogens is 378 g/mol. The van der Waals surface area contributed by atoms with Gasteiger partial charge >= 0.3 is 0 Å². The summed E-state index contributed by atoms with van der Waals surface area (Å²) in [6, 6.07) is 13.2. The van der Waals surface area contributed by atoms with Gasteiger partial charge in [-0.05, 0) is 32.0 Å². The largest absolute Gasteiger partial charge is 0.451 e. The average molecular weight is 396 g/mol. The van der Waals surface area contributed by atoms with E-state index in [-0.39, 0.29) is 5.91 Å². The average Bonchev–Trinajstić information content (AvgIpc) is 3.23. The van der Waals surface area contributed by atoms with Gasteiger partial charge in [0.05, 0.1) is 0 Å². The minimum atomic E-state index is -0.296. The van der Waals surface area contributed by atoms with Crippen molar-refractivity contribution in [2.75, 3.05) is 5.32 Å². The number of hydrogen-bond acceptors (Lipinski definition) is 6. The maximum absolute atomic E-state index is 12.9. The molecule has 0 radical (unpaired) electrons. The number of para-hydroxylation sites is 1. The molecule has 0 aliphatic heterocycles. The van der Waals surface area contributed by atoms with Gasteiger partial charge < -0.3 is 9.73 Å². The molecule has 1 N–H and O–H groups in total. The molecule has 3 aromatic heterocycles. The van der Waals surface area contributed by atoms with E-state index in [4.69, 9.17) is 4.42 Å². The Morgan fingerprint density at radius 2 is 1.96 bits per heavy atom. The van der Waals surface area contributed by atoms with E-state index < -0.39 is 0 Å². The van der Waals surface area contributed by atoms with Gasteiger partial charge in [-0.3, -0.25) is 4.79 Å². The smallest absolute Gasteiger partial charge is 0.292 e. The van der Waals surface area contributed by atoms with E-state index in [1.165, 1.54) is 0 Å². The summed E-state index contributed by atoms with van der Waals surface area (Å²) >= 11 is 3.21. The maximum atomic E-state index is 12.9. The molecule has 0 aliphatic rings. The molecule has 0 atom stereocenters. The molecule has 1 aromatic carbocycles. The molecule has 0 spiro atoms. The Balaban J connectivity index is 1.65. The molecule has 0 saturated carbocycles. The van der Waals surface area contributed by atoms with Crippen LogP contribution in [0.15, 0.2) is 56.6 Å². The summed E-state index contributed by atoms with van der Waals surface area (Å²) in [7, 11) is 0. The zero-order valence-electron chi connectivity index (χ0n) is 14.9. The minimum Gasteiger partial charge on any atom is -0.451 e. The molecular formula is C20H17N3O2S2. The van der Waals surface area contributed by atoms with Crippen molar-refractivity contribution in [3.63, 3.8) is 0 Å². The number of thioether (sulfide) groups is 1. The summed E-state index contributed by atoms with van der Waals surface area (Å²) < 4.78 is 6.86. The second-order valence-electron chi connectivity index (χ2n) is 6.07. The van der Waals surface area contributed by atoms with Crippen LogP contribution in [0.25, 0.3) is 11.0 Å². The lowest BCUT2D eigenvalue weighted by atomic mass is 10.1. The number of carbonyl (C=O) groups is 1. The molecule has 0 aliphatic carbocycles. The second kappa shape index (κ2) is 7.54. The first-order chi connectivity index (χ1) is 13.1. The fourth-order valence-electron chi connectivity index (χ4n) is 2.74. The highest BCUT2D eigenvalue weighted by atomic mass is 32.2. The number of aryl methyl sites for hydroxylation is 2. The van der Waals surface area contributed by atoms with Crippen LogP contribution in [-0.2, 0) is 5.75 Å². The molecule has 0 bridgehead atoms.